The number of carbonyl (C=O) groups is 2. The van der Waals surface area contributed by atoms with Crippen LogP contribution in [0.1, 0.15) is 31.8 Å². The molecule has 0 bridgehead atoms. The van der Waals surface area contributed by atoms with Crippen molar-refractivity contribution in [2.75, 3.05) is 11.5 Å². The molecule has 140 valence electrons. The van der Waals surface area contributed by atoms with Gasteiger partial charge in [0.05, 0.1) is 27.3 Å². The smallest absolute Gasteiger partial charge is 0.200 e. The van der Waals surface area contributed by atoms with Gasteiger partial charge in [0.1, 0.15) is 17.2 Å². The number of benzene rings is 3. The molecule has 7 nitrogen and oxygen atoms in total. The lowest BCUT2D eigenvalue weighted by atomic mass is 9.80. The Balaban J connectivity index is 2.04. The summed E-state index contributed by atoms with van der Waals surface area (Å²) in [6.07, 6.45) is 0. The van der Waals surface area contributed by atoms with Gasteiger partial charge in [0.25, 0.3) is 0 Å². The number of ketones is 2. The number of nitrogens with two attached hydrogens (primary N) is 2. The molecule has 3 aromatic rings. The van der Waals surface area contributed by atoms with Crippen LogP contribution < -0.4 is 11.5 Å². The van der Waals surface area contributed by atoms with Gasteiger partial charge in [-0.1, -0.05) is 17.7 Å². The van der Waals surface area contributed by atoms with Crippen molar-refractivity contribution in [2.24, 2.45) is 0 Å². The molecule has 4 rings (SSSR count). The number of anilines is 2. The standard InChI is InChI=1S/C20H13ClN2O5/c21-9-5-7(1-3-12(9)24)8-6-11(23)15-17(18(8)26)20(28)14-10(22)2-4-13(25)16(14)19(15)27/h1-6,24-26H,22-23H2. The molecule has 0 radical (unpaired) electrons. The fraction of sp³-hybridized carbons (Fsp3) is 0. The fourth-order valence-electron chi connectivity index (χ4n) is 3.39. The molecule has 0 fully saturated rings. The molecular formula is C20H13ClN2O5. The minimum atomic E-state index is -0.728. The highest BCUT2D eigenvalue weighted by atomic mass is 35.5. The summed E-state index contributed by atoms with van der Waals surface area (Å²) in [5.41, 5.74) is 11.4. The minimum absolute atomic E-state index is 0.00662. The third kappa shape index (κ3) is 2.30. The van der Waals surface area contributed by atoms with E-state index in [4.69, 9.17) is 23.1 Å². The Morgan fingerprint density at radius 3 is 2.00 bits per heavy atom. The Hall–Kier alpha value is -3.71. The molecule has 0 spiro atoms. The van der Waals surface area contributed by atoms with Gasteiger partial charge < -0.3 is 26.8 Å². The summed E-state index contributed by atoms with van der Waals surface area (Å²) in [7, 11) is 0. The molecule has 8 heteroatoms. The van der Waals surface area contributed by atoms with Gasteiger partial charge in [0.15, 0.2) is 0 Å². The van der Waals surface area contributed by atoms with Crippen molar-refractivity contribution in [2.45, 2.75) is 0 Å². The minimum Gasteiger partial charge on any atom is -0.507 e. The first-order valence-electron chi connectivity index (χ1n) is 8.07. The molecule has 1 aliphatic carbocycles. The Kier molecular flexibility index (Phi) is 3.73. The Morgan fingerprint density at radius 1 is 0.714 bits per heavy atom. The van der Waals surface area contributed by atoms with Gasteiger partial charge in [0, 0.05) is 16.9 Å². The first-order chi connectivity index (χ1) is 13.2. The predicted octanol–water partition coefficient (Wildman–Crippen LogP) is 3.06. The summed E-state index contributed by atoms with van der Waals surface area (Å²) in [6.45, 7) is 0. The molecule has 7 N–H and O–H groups in total. The summed E-state index contributed by atoms with van der Waals surface area (Å²) >= 11 is 5.93. The highest BCUT2D eigenvalue weighted by Crippen LogP contribution is 2.45. The highest BCUT2D eigenvalue weighted by molar-refractivity contribution is 6.34. The van der Waals surface area contributed by atoms with E-state index in [0.29, 0.717) is 5.56 Å². The van der Waals surface area contributed by atoms with Crippen LogP contribution in [0.3, 0.4) is 0 Å². The van der Waals surface area contributed by atoms with E-state index in [2.05, 4.69) is 0 Å². The average Bonchev–Trinajstić information content (AvgIpc) is 2.65. The van der Waals surface area contributed by atoms with E-state index in [-0.39, 0.29) is 50.0 Å². The molecule has 28 heavy (non-hydrogen) atoms. The van der Waals surface area contributed by atoms with Crippen LogP contribution in [0.15, 0.2) is 36.4 Å². The zero-order chi connectivity index (χ0) is 20.3. The Morgan fingerprint density at radius 2 is 1.32 bits per heavy atom. The van der Waals surface area contributed by atoms with Gasteiger partial charge in [-0.2, -0.15) is 0 Å². The lowest BCUT2D eigenvalue weighted by Crippen LogP contribution is -2.24. The molecule has 0 aliphatic heterocycles. The zero-order valence-electron chi connectivity index (χ0n) is 14.2. The first-order valence-corrected chi connectivity index (χ1v) is 8.45. The van der Waals surface area contributed by atoms with E-state index in [1.54, 1.807) is 0 Å². The van der Waals surface area contributed by atoms with Gasteiger partial charge in [-0.15, -0.1) is 0 Å². The second kappa shape index (κ2) is 5.90. The van der Waals surface area contributed by atoms with E-state index >= 15 is 0 Å². The van der Waals surface area contributed by atoms with Gasteiger partial charge in [-0.05, 0) is 35.9 Å². The molecule has 0 saturated carbocycles. The fourth-order valence-corrected chi connectivity index (χ4v) is 3.57. The number of phenolic OH excluding ortho intramolecular Hbond substituents is 3. The van der Waals surface area contributed by atoms with Crippen molar-refractivity contribution in [3.8, 4) is 28.4 Å². The molecule has 0 atom stereocenters. The summed E-state index contributed by atoms with van der Waals surface area (Å²) in [6, 6.07) is 8.04. The third-order valence-corrected chi connectivity index (χ3v) is 5.02. The summed E-state index contributed by atoms with van der Waals surface area (Å²) in [4.78, 5) is 26.0. The number of phenols is 3. The second-order valence-corrected chi connectivity index (χ2v) is 6.77. The van der Waals surface area contributed by atoms with Crippen LogP contribution in [0, 0.1) is 0 Å². The molecule has 0 saturated heterocycles. The van der Waals surface area contributed by atoms with Crippen LogP contribution in [-0.4, -0.2) is 26.9 Å². The Bertz CT molecular complexity index is 1220. The van der Waals surface area contributed by atoms with Crippen molar-refractivity contribution in [3.05, 3.63) is 63.7 Å². The Labute approximate surface area is 163 Å². The quantitative estimate of drug-likeness (QED) is 0.245. The SMILES string of the molecule is Nc1ccc(O)c2c1C(=O)c1c(O)c(-c3ccc(O)c(Cl)c3)cc(N)c1C2=O. The molecule has 0 aromatic heterocycles. The summed E-state index contributed by atoms with van der Waals surface area (Å²) in [5.74, 6) is -2.47. The number of hydrogen-bond donors (Lipinski definition) is 5. The predicted molar refractivity (Wildman–Crippen MR) is 104 cm³/mol. The van der Waals surface area contributed by atoms with Gasteiger partial charge in [0.2, 0.25) is 11.6 Å². The van der Waals surface area contributed by atoms with Crippen molar-refractivity contribution in [1.29, 1.82) is 0 Å². The van der Waals surface area contributed by atoms with E-state index in [1.807, 2.05) is 0 Å². The van der Waals surface area contributed by atoms with E-state index < -0.39 is 23.1 Å². The van der Waals surface area contributed by atoms with Crippen molar-refractivity contribution in [3.63, 3.8) is 0 Å². The van der Waals surface area contributed by atoms with Crippen LogP contribution in [0.2, 0.25) is 5.02 Å². The molecule has 3 aromatic carbocycles. The maximum absolute atomic E-state index is 13.1. The highest BCUT2D eigenvalue weighted by Gasteiger charge is 2.38. The number of halogens is 1. The average molecular weight is 397 g/mol. The summed E-state index contributed by atoms with van der Waals surface area (Å²) in [5, 5.41) is 30.5. The maximum Gasteiger partial charge on any atom is 0.200 e. The van der Waals surface area contributed by atoms with Crippen LogP contribution in [0.4, 0.5) is 11.4 Å². The summed E-state index contributed by atoms with van der Waals surface area (Å²) < 4.78 is 0. The third-order valence-electron chi connectivity index (χ3n) is 4.71. The molecule has 0 amide bonds. The van der Waals surface area contributed by atoms with Gasteiger partial charge in [-0.25, -0.2) is 0 Å². The number of nitrogen functional groups attached to an aromatic ring is 2. The van der Waals surface area contributed by atoms with Gasteiger partial charge in [-0.3, -0.25) is 9.59 Å². The second-order valence-electron chi connectivity index (χ2n) is 6.36. The zero-order valence-corrected chi connectivity index (χ0v) is 14.9. The number of fused-ring (bicyclic) bond motifs is 2. The first kappa shape index (κ1) is 17.7. The van der Waals surface area contributed by atoms with Crippen LogP contribution in [0.5, 0.6) is 17.2 Å². The molecular weight excluding hydrogens is 384 g/mol. The molecule has 1 aliphatic rings. The maximum atomic E-state index is 13.1. The number of rotatable bonds is 1. The lowest BCUT2D eigenvalue weighted by Gasteiger charge is -2.23. The topological polar surface area (TPSA) is 147 Å². The van der Waals surface area contributed by atoms with Crippen LogP contribution in [0.25, 0.3) is 11.1 Å². The molecule has 0 unspecified atom stereocenters. The van der Waals surface area contributed by atoms with E-state index in [1.165, 1.54) is 36.4 Å². The van der Waals surface area contributed by atoms with Crippen molar-refractivity contribution in [1.82, 2.24) is 0 Å². The van der Waals surface area contributed by atoms with Crippen LogP contribution in [-0.2, 0) is 0 Å². The molecule has 0 heterocycles. The normalized spacial score (nSPS) is 12.6. The van der Waals surface area contributed by atoms with E-state index in [0.717, 1.165) is 0 Å². The number of carbonyl (C=O) groups excluding carboxylic acids is 2. The number of aromatic hydroxyl groups is 3. The van der Waals surface area contributed by atoms with E-state index in [9.17, 15) is 24.9 Å². The van der Waals surface area contributed by atoms with Crippen molar-refractivity contribution < 1.29 is 24.9 Å². The largest absolute Gasteiger partial charge is 0.507 e. The van der Waals surface area contributed by atoms with Crippen molar-refractivity contribution >= 4 is 34.5 Å². The monoisotopic (exact) mass is 396 g/mol. The number of hydrogen-bond acceptors (Lipinski definition) is 7. The van der Waals surface area contributed by atoms with Crippen LogP contribution >= 0.6 is 11.6 Å². The lowest BCUT2D eigenvalue weighted by molar-refractivity contribution is 0.0975. The van der Waals surface area contributed by atoms with Gasteiger partial charge >= 0.3 is 0 Å².